The van der Waals surface area contributed by atoms with Gasteiger partial charge in [0, 0.05) is 6.54 Å². The van der Waals surface area contributed by atoms with Crippen molar-refractivity contribution < 1.29 is 9.13 Å². The van der Waals surface area contributed by atoms with Gasteiger partial charge >= 0.3 is 0 Å². The second-order valence-electron chi connectivity index (χ2n) is 5.18. The van der Waals surface area contributed by atoms with E-state index in [-0.39, 0.29) is 5.82 Å². The molecule has 0 aliphatic heterocycles. The van der Waals surface area contributed by atoms with Crippen molar-refractivity contribution in [2.75, 3.05) is 11.9 Å². The maximum Gasteiger partial charge on any atom is 0.146 e. The third-order valence-corrected chi connectivity index (χ3v) is 2.86. The lowest BCUT2D eigenvalue weighted by atomic mass is 10.2. The van der Waals surface area contributed by atoms with Gasteiger partial charge in [-0.05, 0) is 35.7 Å². The fourth-order valence-electron chi connectivity index (χ4n) is 1.77. The first-order valence-corrected chi connectivity index (χ1v) is 6.85. The summed E-state index contributed by atoms with van der Waals surface area (Å²) in [5, 5.41) is 3.08. The molecule has 2 rings (SSSR count). The van der Waals surface area contributed by atoms with Gasteiger partial charge in [-0.3, -0.25) is 0 Å². The smallest absolute Gasteiger partial charge is 0.146 e. The number of hydrogen-bond donors (Lipinski definition) is 1. The van der Waals surface area contributed by atoms with E-state index in [0.717, 1.165) is 11.3 Å². The molecule has 0 saturated carbocycles. The molecule has 0 heterocycles. The standard InChI is InChI=1S/C17H20FNO/c1-13(2)12-20-15-9-7-14(8-10-15)11-19-17-6-4-3-5-16(17)18/h3-10,13,19H,11-12H2,1-2H3. The van der Waals surface area contributed by atoms with Gasteiger partial charge in [0.25, 0.3) is 0 Å². The molecule has 106 valence electrons. The van der Waals surface area contributed by atoms with Gasteiger partial charge in [-0.2, -0.15) is 0 Å². The number of hydrogen-bond acceptors (Lipinski definition) is 2. The van der Waals surface area contributed by atoms with Crippen LogP contribution in [-0.4, -0.2) is 6.61 Å². The molecule has 0 spiro atoms. The van der Waals surface area contributed by atoms with Crippen molar-refractivity contribution in [3.63, 3.8) is 0 Å². The molecular formula is C17H20FNO. The van der Waals surface area contributed by atoms with Gasteiger partial charge in [0.1, 0.15) is 11.6 Å². The van der Waals surface area contributed by atoms with Crippen molar-refractivity contribution in [1.29, 1.82) is 0 Å². The summed E-state index contributed by atoms with van der Waals surface area (Å²) in [6, 6.07) is 14.5. The van der Waals surface area contributed by atoms with Crippen molar-refractivity contribution in [3.05, 3.63) is 59.9 Å². The summed E-state index contributed by atoms with van der Waals surface area (Å²) in [7, 11) is 0. The average Bonchev–Trinajstić information content (AvgIpc) is 2.45. The molecule has 0 aromatic heterocycles. The lowest BCUT2D eigenvalue weighted by Gasteiger charge is -2.10. The maximum absolute atomic E-state index is 13.4. The van der Waals surface area contributed by atoms with Crippen LogP contribution in [0.3, 0.4) is 0 Å². The first-order valence-electron chi connectivity index (χ1n) is 6.85. The number of rotatable bonds is 6. The minimum atomic E-state index is -0.232. The van der Waals surface area contributed by atoms with E-state index in [2.05, 4.69) is 19.2 Å². The van der Waals surface area contributed by atoms with Crippen LogP contribution in [0.15, 0.2) is 48.5 Å². The highest BCUT2D eigenvalue weighted by atomic mass is 19.1. The molecule has 2 aromatic rings. The van der Waals surface area contributed by atoms with Crippen LogP contribution < -0.4 is 10.1 Å². The van der Waals surface area contributed by atoms with Crippen LogP contribution in [0.5, 0.6) is 5.75 Å². The molecule has 0 fully saturated rings. The Morgan fingerprint density at radius 3 is 2.40 bits per heavy atom. The quantitative estimate of drug-likeness (QED) is 0.838. The highest BCUT2D eigenvalue weighted by Crippen LogP contribution is 2.16. The SMILES string of the molecule is CC(C)COc1ccc(CNc2ccccc2F)cc1. The molecule has 0 saturated heterocycles. The Kier molecular flexibility index (Phi) is 4.99. The minimum absolute atomic E-state index is 0.232. The normalized spacial score (nSPS) is 10.6. The molecule has 0 aliphatic rings. The third-order valence-electron chi connectivity index (χ3n) is 2.86. The van der Waals surface area contributed by atoms with E-state index in [9.17, 15) is 4.39 Å². The topological polar surface area (TPSA) is 21.3 Å². The predicted octanol–water partition coefficient (Wildman–Crippen LogP) is 4.47. The number of ether oxygens (including phenoxy) is 1. The average molecular weight is 273 g/mol. The van der Waals surface area contributed by atoms with Crippen molar-refractivity contribution in [1.82, 2.24) is 0 Å². The molecular weight excluding hydrogens is 253 g/mol. The zero-order valence-corrected chi connectivity index (χ0v) is 11.9. The Bertz CT molecular complexity index is 537. The van der Waals surface area contributed by atoms with Gasteiger partial charge in [-0.1, -0.05) is 38.1 Å². The first kappa shape index (κ1) is 14.4. The van der Waals surface area contributed by atoms with Crippen LogP contribution >= 0.6 is 0 Å². The zero-order chi connectivity index (χ0) is 14.4. The van der Waals surface area contributed by atoms with Crippen LogP contribution in [-0.2, 0) is 6.54 Å². The largest absolute Gasteiger partial charge is 0.493 e. The number of anilines is 1. The molecule has 2 aromatic carbocycles. The molecule has 0 aliphatic carbocycles. The highest BCUT2D eigenvalue weighted by Gasteiger charge is 2.01. The third kappa shape index (κ3) is 4.26. The highest BCUT2D eigenvalue weighted by molar-refractivity contribution is 5.45. The molecule has 0 radical (unpaired) electrons. The van der Waals surface area contributed by atoms with E-state index in [1.165, 1.54) is 6.07 Å². The Morgan fingerprint density at radius 1 is 1.05 bits per heavy atom. The summed E-state index contributed by atoms with van der Waals surface area (Å²) in [5.74, 6) is 1.15. The lowest BCUT2D eigenvalue weighted by Crippen LogP contribution is -2.05. The molecule has 0 unspecified atom stereocenters. The molecule has 20 heavy (non-hydrogen) atoms. The van der Waals surface area contributed by atoms with E-state index in [1.807, 2.05) is 30.3 Å². The molecule has 0 atom stereocenters. The summed E-state index contributed by atoms with van der Waals surface area (Å²) >= 11 is 0. The number of para-hydroxylation sites is 1. The van der Waals surface area contributed by atoms with Gasteiger partial charge in [0.2, 0.25) is 0 Å². The van der Waals surface area contributed by atoms with E-state index >= 15 is 0 Å². The van der Waals surface area contributed by atoms with Crippen molar-refractivity contribution in [2.24, 2.45) is 5.92 Å². The monoisotopic (exact) mass is 273 g/mol. The number of halogens is 1. The Labute approximate surface area is 119 Å². The minimum Gasteiger partial charge on any atom is -0.493 e. The number of benzene rings is 2. The van der Waals surface area contributed by atoms with Crippen LogP contribution in [0.2, 0.25) is 0 Å². The second-order valence-corrected chi connectivity index (χ2v) is 5.18. The van der Waals surface area contributed by atoms with Gasteiger partial charge in [-0.15, -0.1) is 0 Å². The summed E-state index contributed by atoms with van der Waals surface area (Å²) < 4.78 is 19.1. The summed E-state index contributed by atoms with van der Waals surface area (Å²) in [6.45, 7) is 5.54. The van der Waals surface area contributed by atoms with Gasteiger partial charge in [0.05, 0.1) is 12.3 Å². The van der Waals surface area contributed by atoms with Gasteiger partial charge in [-0.25, -0.2) is 4.39 Å². The predicted molar refractivity (Wildman–Crippen MR) is 80.5 cm³/mol. The Hall–Kier alpha value is -2.03. The van der Waals surface area contributed by atoms with E-state index < -0.39 is 0 Å². The Morgan fingerprint density at radius 2 is 1.75 bits per heavy atom. The number of nitrogens with one attached hydrogen (secondary N) is 1. The maximum atomic E-state index is 13.4. The van der Waals surface area contributed by atoms with Crippen LogP contribution in [0.4, 0.5) is 10.1 Å². The summed E-state index contributed by atoms with van der Waals surface area (Å²) in [5.41, 5.74) is 1.61. The van der Waals surface area contributed by atoms with Crippen LogP contribution in [0.1, 0.15) is 19.4 Å². The molecule has 0 bridgehead atoms. The van der Waals surface area contributed by atoms with Crippen LogP contribution in [0, 0.1) is 11.7 Å². The van der Waals surface area contributed by atoms with E-state index in [4.69, 9.17) is 4.74 Å². The molecule has 0 amide bonds. The Balaban J connectivity index is 1.89. The van der Waals surface area contributed by atoms with Gasteiger partial charge in [0.15, 0.2) is 0 Å². The first-order chi connectivity index (χ1) is 9.65. The zero-order valence-electron chi connectivity index (χ0n) is 11.9. The molecule has 3 heteroatoms. The van der Waals surface area contributed by atoms with Crippen molar-refractivity contribution >= 4 is 5.69 Å². The van der Waals surface area contributed by atoms with Crippen molar-refractivity contribution in [3.8, 4) is 5.75 Å². The summed E-state index contributed by atoms with van der Waals surface area (Å²) in [6.07, 6.45) is 0. The van der Waals surface area contributed by atoms with Gasteiger partial charge < -0.3 is 10.1 Å². The fourth-order valence-corrected chi connectivity index (χ4v) is 1.77. The fraction of sp³-hybridized carbons (Fsp3) is 0.294. The van der Waals surface area contributed by atoms with Crippen molar-refractivity contribution in [2.45, 2.75) is 20.4 Å². The second kappa shape index (κ2) is 6.94. The lowest BCUT2D eigenvalue weighted by molar-refractivity contribution is 0.271. The molecule has 2 nitrogen and oxygen atoms in total. The summed E-state index contributed by atoms with van der Waals surface area (Å²) in [4.78, 5) is 0. The van der Waals surface area contributed by atoms with E-state index in [0.29, 0.717) is 24.8 Å². The van der Waals surface area contributed by atoms with E-state index in [1.54, 1.807) is 12.1 Å². The molecule has 1 N–H and O–H groups in total. The van der Waals surface area contributed by atoms with Crippen LogP contribution in [0.25, 0.3) is 0 Å².